The first-order chi connectivity index (χ1) is 6.99. The average molecular weight is 211 g/mol. The molecule has 0 radical (unpaired) electrons. The number of nitrogens with one attached hydrogen (secondary N) is 1. The Bertz CT molecular complexity index is 275. The zero-order chi connectivity index (χ0) is 11.1. The predicted octanol–water partition coefficient (Wildman–Crippen LogP) is 1.86. The van der Waals surface area contributed by atoms with Crippen LogP contribution in [0.3, 0.4) is 0 Å². The van der Waals surface area contributed by atoms with E-state index in [1.165, 1.54) is 6.42 Å². The van der Waals surface area contributed by atoms with Gasteiger partial charge in [0.1, 0.15) is 0 Å². The van der Waals surface area contributed by atoms with E-state index in [9.17, 15) is 4.79 Å². The maximum Gasteiger partial charge on any atom is 0.221 e. The molecule has 86 valence electrons. The number of rotatable bonds is 1. The van der Waals surface area contributed by atoms with Crippen LogP contribution < -0.4 is 5.32 Å². The van der Waals surface area contributed by atoms with Gasteiger partial charge in [0.15, 0.2) is 0 Å². The molecule has 1 spiro atoms. The molecule has 15 heavy (non-hydrogen) atoms. The number of amides is 1. The first-order valence-electron chi connectivity index (χ1n) is 5.83. The third-order valence-corrected chi connectivity index (χ3v) is 4.41. The molecule has 3 heteroatoms. The van der Waals surface area contributed by atoms with Crippen molar-refractivity contribution in [2.45, 2.75) is 57.6 Å². The van der Waals surface area contributed by atoms with E-state index in [2.05, 4.69) is 19.2 Å². The van der Waals surface area contributed by atoms with Crippen molar-refractivity contribution in [1.82, 2.24) is 5.32 Å². The van der Waals surface area contributed by atoms with Gasteiger partial charge in [-0.3, -0.25) is 4.79 Å². The largest absolute Gasteiger partial charge is 0.381 e. The second-order valence-corrected chi connectivity index (χ2v) is 5.58. The fraction of sp³-hybridized carbons (Fsp3) is 0.917. The smallest absolute Gasteiger partial charge is 0.221 e. The zero-order valence-corrected chi connectivity index (χ0v) is 9.93. The van der Waals surface area contributed by atoms with Gasteiger partial charge in [-0.1, -0.05) is 6.42 Å². The van der Waals surface area contributed by atoms with Gasteiger partial charge in [-0.05, 0) is 33.1 Å². The van der Waals surface area contributed by atoms with Crippen LogP contribution in [0.2, 0.25) is 0 Å². The predicted molar refractivity (Wildman–Crippen MR) is 58.5 cm³/mol. The van der Waals surface area contributed by atoms with E-state index >= 15 is 0 Å². The third kappa shape index (κ3) is 1.67. The Labute approximate surface area is 91.6 Å². The monoisotopic (exact) mass is 211 g/mol. The molecule has 2 unspecified atom stereocenters. The summed E-state index contributed by atoms with van der Waals surface area (Å²) in [5.74, 6) is 0.205. The summed E-state index contributed by atoms with van der Waals surface area (Å²) in [5, 5.41) is 3.10. The maximum absolute atomic E-state index is 11.6. The molecule has 0 aromatic rings. The van der Waals surface area contributed by atoms with Gasteiger partial charge in [-0.2, -0.15) is 0 Å². The Morgan fingerprint density at radius 2 is 2.20 bits per heavy atom. The van der Waals surface area contributed by atoms with Gasteiger partial charge in [-0.15, -0.1) is 0 Å². The minimum atomic E-state index is -0.0682. The molecule has 1 saturated carbocycles. The number of ether oxygens (including phenoxy) is 1. The van der Waals surface area contributed by atoms with Gasteiger partial charge >= 0.3 is 0 Å². The standard InChI is InChI=1S/C12H21NO2/c1-11(2)12(8-10(14)13-11)6-4-5-9(7-12)15-3/h9H,4-8H2,1-3H3,(H,13,14). The normalized spacial score (nSPS) is 39.4. The van der Waals surface area contributed by atoms with E-state index in [4.69, 9.17) is 4.74 Å². The second kappa shape index (κ2) is 3.48. The molecule has 1 heterocycles. The molecule has 0 aromatic carbocycles. The number of hydrogen-bond acceptors (Lipinski definition) is 2. The molecule has 2 rings (SSSR count). The molecule has 2 fully saturated rings. The van der Waals surface area contributed by atoms with Crippen molar-refractivity contribution in [3.8, 4) is 0 Å². The number of carbonyl (C=O) groups excluding carboxylic acids is 1. The third-order valence-electron chi connectivity index (χ3n) is 4.41. The Hall–Kier alpha value is -0.570. The lowest BCUT2D eigenvalue weighted by Crippen LogP contribution is -2.50. The molecule has 1 amide bonds. The molecule has 1 aliphatic carbocycles. The Kier molecular flexibility index (Phi) is 2.53. The highest BCUT2D eigenvalue weighted by atomic mass is 16.5. The average Bonchev–Trinajstić information content (AvgIpc) is 2.36. The van der Waals surface area contributed by atoms with E-state index < -0.39 is 0 Å². The van der Waals surface area contributed by atoms with Crippen molar-refractivity contribution in [1.29, 1.82) is 0 Å². The van der Waals surface area contributed by atoms with E-state index in [-0.39, 0.29) is 16.9 Å². The van der Waals surface area contributed by atoms with Crippen LogP contribution >= 0.6 is 0 Å². The van der Waals surface area contributed by atoms with Crippen molar-refractivity contribution >= 4 is 5.91 Å². The topological polar surface area (TPSA) is 38.3 Å². The van der Waals surface area contributed by atoms with Crippen molar-refractivity contribution < 1.29 is 9.53 Å². The molecule has 1 N–H and O–H groups in total. The first kappa shape index (κ1) is 10.9. The summed E-state index contributed by atoms with van der Waals surface area (Å²) in [7, 11) is 1.78. The van der Waals surface area contributed by atoms with Crippen LogP contribution in [0.15, 0.2) is 0 Å². The Morgan fingerprint density at radius 3 is 2.73 bits per heavy atom. The number of carbonyl (C=O) groups is 1. The fourth-order valence-corrected chi connectivity index (χ4v) is 3.29. The van der Waals surface area contributed by atoms with E-state index in [0.717, 1.165) is 19.3 Å². The summed E-state index contributed by atoms with van der Waals surface area (Å²) in [6.45, 7) is 4.30. The summed E-state index contributed by atoms with van der Waals surface area (Å²) < 4.78 is 5.47. The van der Waals surface area contributed by atoms with E-state index in [0.29, 0.717) is 12.5 Å². The van der Waals surface area contributed by atoms with Gasteiger partial charge in [0, 0.05) is 24.5 Å². The van der Waals surface area contributed by atoms with Gasteiger partial charge in [0.05, 0.1) is 6.10 Å². The highest BCUT2D eigenvalue weighted by Gasteiger charge is 2.54. The van der Waals surface area contributed by atoms with Crippen LogP contribution in [0, 0.1) is 5.41 Å². The van der Waals surface area contributed by atoms with Crippen LogP contribution in [-0.2, 0) is 9.53 Å². The van der Waals surface area contributed by atoms with Crippen LogP contribution in [0.25, 0.3) is 0 Å². The fourth-order valence-electron chi connectivity index (χ4n) is 3.29. The van der Waals surface area contributed by atoms with Gasteiger partial charge in [0.2, 0.25) is 5.91 Å². The molecule has 3 nitrogen and oxygen atoms in total. The summed E-state index contributed by atoms with van der Waals surface area (Å²) >= 11 is 0. The highest BCUT2D eigenvalue weighted by Crippen LogP contribution is 2.51. The van der Waals surface area contributed by atoms with Crippen LogP contribution in [0.1, 0.15) is 46.0 Å². The molecule has 0 aromatic heterocycles. The van der Waals surface area contributed by atoms with Crippen LogP contribution in [0.5, 0.6) is 0 Å². The summed E-state index contributed by atoms with van der Waals surface area (Å²) in [6, 6.07) is 0. The minimum Gasteiger partial charge on any atom is -0.381 e. The molecule has 1 saturated heterocycles. The molecule has 2 atom stereocenters. The molecular weight excluding hydrogens is 190 g/mol. The minimum absolute atomic E-state index is 0.0682. The lowest BCUT2D eigenvalue weighted by atomic mass is 9.63. The molecule has 2 aliphatic rings. The SMILES string of the molecule is COC1CCCC2(CC(=O)NC2(C)C)C1. The van der Waals surface area contributed by atoms with Crippen LogP contribution in [-0.4, -0.2) is 24.7 Å². The Morgan fingerprint density at radius 1 is 1.47 bits per heavy atom. The van der Waals surface area contributed by atoms with Crippen molar-refractivity contribution in [2.24, 2.45) is 5.41 Å². The van der Waals surface area contributed by atoms with Gasteiger partial charge in [0.25, 0.3) is 0 Å². The Balaban J connectivity index is 2.21. The lowest BCUT2D eigenvalue weighted by molar-refractivity contribution is -0.120. The van der Waals surface area contributed by atoms with Crippen molar-refractivity contribution in [3.05, 3.63) is 0 Å². The van der Waals surface area contributed by atoms with Gasteiger partial charge < -0.3 is 10.1 Å². The van der Waals surface area contributed by atoms with E-state index in [1.807, 2.05) is 0 Å². The van der Waals surface area contributed by atoms with Crippen molar-refractivity contribution in [3.63, 3.8) is 0 Å². The summed E-state index contributed by atoms with van der Waals surface area (Å²) in [4.78, 5) is 11.6. The molecule has 1 aliphatic heterocycles. The maximum atomic E-state index is 11.6. The quantitative estimate of drug-likeness (QED) is 0.719. The van der Waals surface area contributed by atoms with E-state index in [1.54, 1.807) is 7.11 Å². The molecular formula is C12H21NO2. The van der Waals surface area contributed by atoms with Crippen LogP contribution in [0.4, 0.5) is 0 Å². The second-order valence-electron chi connectivity index (χ2n) is 5.58. The first-order valence-corrected chi connectivity index (χ1v) is 5.83. The summed E-state index contributed by atoms with van der Waals surface area (Å²) in [5.41, 5.74) is 0.0598. The lowest BCUT2D eigenvalue weighted by Gasteiger charge is -2.45. The number of hydrogen-bond donors (Lipinski definition) is 1. The van der Waals surface area contributed by atoms with Gasteiger partial charge in [-0.25, -0.2) is 0 Å². The summed E-state index contributed by atoms with van der Waals surface area (Å²) in [6.07, 6.45) is 5.51. The molecule has 0 bridgehead atoms. The highest BCUT2D eigenvalue weighted by molar-refractivity contribution is 5.80. The zero-order valence-electron chi connectivity index (χ0n) is 9.93. The number of methoxy groups -OCH3 is 1. The van der Waals surface area contributed by atoms with Crippen molar-refractivity contribution in [2.75, 3.05) is 7.11 Å².